The molecule has 0 aromatic heterocycles. The Kier molecular flexibility index (Phi) is 3.93. The molecule has 0 spiro atoms. The molecule has 2 N–H and O–H groups in total. The summed E-state index contributed by atoms with van der Waals surface area (Å²) in [4.78, 5) is 2.41. The lowest BCUT2D eigenvalue weighted by atomic mass is 9.90. The molecule has 3 heteroatoms. The molecule has 2 rings (SSSR count). The van der Waals surface area contributed by atoms with Crippen molar-refractivity contribution in [3.8, 4) is 0 Å². The first-order valence-electron chi connectivity index (χ1n) is 6.74. The van der Waals surface area contributed by atoms with Gasteiger partial charge in [-0.1, -0.05) is 18.2 Å². The maximum atomic E-state index is 10.4. The minimum Gasteiger partial charge on any atom is -0.388 e. The van der Waals surface area contributed by atoms with Gasteiger partial charge in [-0.25, -0.2) is 0 Å². The summed E-state index contributed by atoms with van der Waals surface area (Å²) in [5.41, 5.74) is 3.48. The number of hydrogen-bond acceptors (Lipinski definition) is 3. The van der Waals surface area contributed by atoms with Crippen LogP contribution in [-0.2, 0) is 0 Å². The molecule has 1 aliphatic rings. The van der Waals surface area contributed by atoms with Crippen LogP contribution in [0, 0.1) is 13.8 Å². The summed E-state index contributed by atoms with van der Waals surface area (Å²) in [7, 11) is 1.90. The zero-order valence-electron chi connectivity index (χ0n) is 11.7. The lowest BCUT2D eigenvalue weighted by Crippen LogP contribution is -2.49. The Morgan fingerprint density at radius 3 is 2.28 bits per heavy atom. The number of anilines is 1. The van der Waals surface area contributed by atoms with Crippen molar-refractivity contribution in [2.24, 2.45) is 0 Å². The van der Waals surface area contributed by atoms with Crippen molar-refractivity contribution in [3.05, 3.63) is 29.3 Å². The van der Waals surface area contributed by atoms with Gasteiger partial charge in [-0.05, 0) is 44.9 Å². The number of rotatable bonds is 3. The van der Waals surface area contributed by atoms with E-state index in [-0.39, 0.29) is 0 Å². The molecule has 0 amide bonds. The highest BCUT2D eigenvalue weighted by Gasteiger charge is 2.32. The number of benzene rings is 1. The van der Waals surface area contributed by atoms with Gasteiger partial charge in [0.15, 0.2) is 0 Å². The molecule has 1 saturated heterocycles. The zero-order valence-corrected chi connectivity index (χ0v) is 11.7. The minimum absolute atomic E-state index is 0.526. The maximum Gasteiger partial charge on any atom is 0.0805 e. The van der Waals surface area contributed by atoms with E-state index < -0.39 is 5.60 Å². The predicted octanol–water partition coefficient (Wildman–Crippen LogP) is 1.85. The smallest absolute Gasteiger partial charge is 0.0805 e. The number of aryl methyl sites for hydroxylation is 2. The van der Waals surface area contributed by atoms with Crippen LogP contribution in [0.2, 0.25) is 0 Å². The molecule has 0 unspecified atom stereocenters. The van der Waals surface area contributed by atoms with Crippen molar-refractivity contribution in [3.63, 3.8) is 0 Å². The van der Waals surface area contributed by atoms with E-state index in [1.54, 1.807) is 0 Å². The van der Waals surface area contributed by atoms with Crippen molar-refractivity contribution in [2.45, 2.75) is 32.3 Å². The Morgan fingerprint density at radius 1 is 1.22 bits per heavy atom. The van der Waals surface area contributed by atoms with E-state index in [0.29, 0.717) is 6.54 Å². The molecule has 1 aromatic rings. The SMILES string of the molecule is CNCC1(O)CCN(c2c(C)cccc2C)CC1. The summed E-state index contributed by atoms with van der Waals surface area (Å²) in [6.07, 6.45) is 1.67. The third-order valence-electron chi connectivity index (χ3n) is 3.96. The van der Waals surface area contributed by atoms with Crippen LogP contribution < -0.4 is 10.2 Å². The molecule has 18 heavy (non-hydrogen) atoms. The van der Waals surface area contributed by atoms with Crippen molar-refractivity contribution < 1.29 is 5.11 Å². The lowest BCUT2D eigenvalue weighted by Gasteiger charge is -2.40. The number of nitrogens with zero attached hydrogens (tertiary/aromatic N) is 1. The van der Waals surface area contributed by atoms with Crippen LogP contribution >= 0.6 is 0 Å². The molecule has 0 bridgehead atoms. The molecular formula is C15H24N2O. The summed E-state index contributed by atoms with van der Waals surface area (Å²) in [6, 6.07) is 6.43. The number of hydrogen-bond donors (Lipinski definition) is 2. The largest absolute Gasteiger partial charge is 0.388 e. The Bertz CT molecular complexity index is 389. The Balaban J connectivity index is 2.10. The molecule has 3 nitrogen and oxygen atoms in total. The van der Waals surface area contributed by atoms with Crippen molar-refractivity contribution >= 4 is 5.69 Å². The number of aliphatic hydroxyl groups is 1. The van der Waals surface area contributed by atoms with E-state index in [4.69, 9.17) is 0 Å². The molecule has 0 atom stereocenters. The summed E-state index contributed by atoms with van der Waals surface area (Å²) in [5, 5.41) is 13.5. The molecule has 1 aliphatic heterocycles. The van der Waals surface area contributed by atoms with E-state index in [2.05, 4.69) is 42.3 Å². The normalized spacial score (nSPS) is 19.0. The average Bonchev–Trinajstić information content (AvgIpc) is 2.32. The van der Waals surface area contributed by atoms with Gasteiger partial charge in [0.2, 0.25) is 0 Å². The van der Waals surface area contributed by atoms with Gasteiger partial charge < -0.3 is 15.3 Å². The second-order valence-electron chi connectivity index (χ2n) is 5.48. The van der Waals surface area contributed by atoms with Crippen LogP contribution in [0.5, 0.6) is 0 Å². The summed E-state index contributed by atoms with van der Waals surface area (Å²) < 4.78 is 0. The molecular weight excluding hydrogens is 224 g/mol. The highest BCUT2D eigenvalue weighted by Crippen LogP contribution is 2.30. The first kappa shape index (κ1) is 13.4. The second kappa shape index (κ2) is 5.29. The van der Waals surface area contributed by atoms with Crippen LogP contribution in [0.4, 0.5) is 5.69 Å². The molecule has 1 aromatic carbocycles. The molecule has 1 fully saturated rings. The maximum absolute atomic E-state index is 10.4. The summed E-state index contributed by atoms with van der Waals surface area (Å²) >= 11 is 0. The zero-order chi connectivity index (χ0) is 13.2. The van der Waals surface area contributed by atoms with Gasteiger partial charge in [-0.3, -0.25) is 0 Å². The Hall–Kier alpha value is -1.06. The Morgan fingerprint density at radius 2 is 1.78 bits per heavy atom. The molecule has 0 saturated carbocycles. The summed E-state index contributed by atoms with van der Waals surface area (Å²) in [6.45, 7) is 6.88. The van der Waals surface area contributed by atoms with Crippen molar-refractivity contribution in [2.75, 3.05) is 31.6 Å². The van der Waals surface area contributed by atoms with Crippen LogP contribution in [-0.4, -0.2) is 37.4 Å². The van der Waals surface area contributed by atoms with Gasteiger partial charge in [0.25, 0.3) is 0 Å². The Labute approximate surface area is 110 Å². The first-order valence-corrected chi connectivity index (χ1v) is 6.74. The van der Waals surface area contributed by atoms with Crippen LogP contribution in [0.25, 0.3) is 0 Å². The molecule has 1 heterocycles. The van der Waals surface area contributed by atoms with E-state index in [1.807, 2.05) is 7.05 Å². The topological polar surface area (TPSA) is 35.5 Å². The fourth-order valence-corrected chi connectivity index (χ4v) is 2.96. The van der Waals surface area contributed by atoms with Crippen molar-refractivity contribution in [1.29, 1.82) is 0 Å². The highest BCUT2D eigenvalue weighted by atomic mass is 16.3. The van der Waals surface area contributed by atoms with Gasteiger partial charge in [0.05, 0.1) is 5.60 Å². The van der Waals surface area contributed by atoms with Crippen molar-refractivity contribution in [1.82, 2.24) is 5.32 Å². The fraction of sp³-hybridized carbons (Fsp3) is 0.600. The van der Waals surface area contributed by atoms with Crippen LogP contribution in [0.1, 0.15) is 24.0 Å². The standard InChI is InChI=1S/C15H24N2O/c1-12-5-4-6-13(2)14(12)17-9-7-15(18,8-10-17)11-16-3/h4-6,16,18H,7-11H2,1-3H3. The third-order valence-corrected chi connectivity index (χ3v) is 3.96. The minimum atomic E-state index is -0.526. The first-order chi connectivity index (χ1) is 8.56. The van der Waals surface area contributed by atoms with E-state index >= 15 is 0 Å². The molecule has 0 aliphatic carbocycles. The lowest BCUT2D eigenvalue weighted by molar-refractivity contribution is 0.0185. The summed E-state index contributed by atoms with van der Waals surface area (Å²) in [5.74, 6) is 0. The van der Waals surface area contributed by atoms with Gasteiger partial charge in [-0.15, -0.1) is 0 Å². The van der Waals surface area contributed by atoms with Crippen LogP contribution in [0.3, 0.4) is 0 Å². The second-order valence-corrected chi connectivity index (χ2v) is 5.48. The van der Waals surface area contributed by atoms with Gasteiger partial charge >= 0.3 is 0 Å². The van der Waals surface area contributed by atoms with Gasteiger partial charge in [0, 0.05) is 25.3 Å². The van der Waals surface area contributed by atoms with Gasteiger partial charge in [-0.2, -0.15) is 0 Å². The molecule has 100 valence electrons. The number of likely N-dealkylation sites (N-methyl/N-ethyl adjacent to an activating group) is 1. The quantitative estimate of drug-likeness (QED) is 0.857. The van der Waals surface area contributed by atoms with E-state index in [1.165, 1.54) is 16.8 Å². The number of piperidine rings is 1. The monoisotopic (exact) mass is 248 g/mol. The van der Waals surface area contributed by atoms with E-state index in [0.717, 1.165) is 25.9 Å². The average molecular weight is 248 g/mol. The molecule has 0 radical (unpaired) electrons. The van der Waals surface area contributed by atoms with Gasteiger partial charge in [0.1, 0.15) is 0 Å². The number of nitrogens with one attached hydrogen (secondary N) is 1. The predicted molar refractivity (Wildman–Crippen MR) is 76.2 cm³/mol. The van der Waals surface area contributed by atoms with Crippen LogP contribution in [0.15, 0.2) is 18.2 Å². The third kappa shape index (κ3) is 2.68. The van der Waals surface area contributed by atoms with E-state index in [9.17, 15) is 5.11 Å². The number of para-hydroxylation sites is 1. The fourth-order valence-electron chi connectivity index (χ4n) is 2.96. The highest BCUT2D eigenvalue weighted by molar-refractivity contribution is 5.59.